The Bertz CT molecular complexity index is 274. The quantitative estimate of drug-likeness (QED) is 0.683. The largest absolute Gasteiger partial charge is 0.314 e. The Morgan fingerprint density at radius 1 is 1.00 bits per heavy atom. The summed E-state index contributed by atoms with van der Waals surface area (Å²) >= 11 is 0. The van der Waals surface area contributed by atoms with Gasteiger partial charge in [0, 0.05) is 6.04 Å². The van der Waals surface area contributed by atoms with Crippen molar-refractivity contribution in [3.05, 3.63) is 0 Å². The summed E-state index contributed by atoms with van der Waals surface area (Å²) in [5.74, 6) is 0.752. The van der Waals surface area contributed by atoms with E-state index in [1.165, 1.54) is 38.5 Å². The Kier molecular flexibility index (Phi) is 7.12. The highest BCUT2D eigenvalue weighted by Gasteiger charge is 2.22. The zero-order chi connectivity index (χ0) is 12.6. The van der Waals surface area contributed by atoms with Gasteiger partial charge in [0.15, 0.2) is 0 Å². The lowest BCUT2D eigenvalue weighted by molar-refractivity contribution is 0.452. The minimum absolute atomic E-state index is 0.376. The fourth-order valence-corrected chi connectivity index (χ4v) is 3.80. The topological polar surface area (TPSA) is 46.2 Å². The van der Waals surface area contributed by atoms with Crippen LogP contribution in [0.25, 0.3) is 0 Å². The molecule has 1 rings (SSSR count). The van der Waals surface area contributed by atoms with E-state index in [1.807, 2.05) is 0 Å². The standard InChI is InChI=1S/C13H27NO2S/c1-2-3-4-5-6-7-10-14-13-8-11-17(15,16)12-9-13/h13-14H,2-12H2,1H3. The molecule has 1 aliphatic rings. The zero-order valence-corrected chi connectivity index (χ0v) is 11.9. The van der Waals surface area contributed by atoms with Crippen LogP contribution in [0.2, 0.25) is 0 Å². The van der Waals surface area contributed by atoms with Crippen LogP contribution in [0.4, 0.5) is 0 Å². The van der Waals surface area contributed by atoms with Crippen LogP contribution in [-0.2, 0) is 9.84 Å². The van der Waals surface area contributed by atoms with Crippen LogP contribution in [0, 0.1) is 0 Å². The van der Waals surface area contributed by atoms with Crippen molar-refractivity contribution in [3.63, 3.8) is 0 Å². The van der Waals surface area contributed by atoms with Crippen molar-refractivity contribution in [2.24, 2.45) is 0 Å². The van der Waals surface area contributed by atoms with E-state index in [0.717, 1.165) is 19.4 Å². The molecule has 4 heteroatoms. The molecule has 0 spiro atoms. The number of nitrogens with one attached hydrogen (secondary N) is 1. The third-order valence-electron chi connectivity index (χ3n) is 3.52. The first kappa shape index (κ1) is 15.0. The third-order valence-corrected chi connectivity index (χ3v) is 5.23. The molecule has 1 heterocycles. The van der Waals surface area contributed by atoms with Gasteiger partial charge in [-0.2, -0.15) is 0 Å². The molecule has 0 aromatic carbocycles. The molecule has 0 aromatic rings. The second-order valence-electron chi connectivity index (χ2n) is 5.15. The van der Waals surface area contributed by atoms with Gasteiger partial charge in [-0.3, -0.25) is 0 Å². The molecule has 0 atom stereocenters. The average molecular weight is 261 g/mol. The summed E-state index contributed by atoms with van der Waals surface area (Å²) in [5.41, 5.74) is 0. The Labute approximate surface area is 106 Å². The molecule has 102 valence electrons. The van der Waals surface area contributed by atoms with Crippen molar-refractivity contribution in [2.45, 2.75) is 64.3 Å². The first-order chi connectivity index (χ1) is 8.14. The van der Waals surface area contributed by atoms with E-state index in [1.54, 1.807) is 0 Å². The van der Waals surface area contributed by atoms with Crippen LogP contribution in [0.3, 0.4) is 0 Å². The lowest BCUT2D eigenvalue weighted by Crippen LogP contribution is -2.37. The van der Waals surface area contributed by atoms with E-state index in [9.17, 15) is 8.42 Å². The van der Waals surface area contributed by atoms with Crippen LogP contribution < -0.4 is 5.32 Å². The Hall–Kier alpha value is -0.0900. The molecule has 1 N–H and O–H groups in total. The number of rotatable bonds is 8. The molecule has 0 radical (unpaired) electrons. The normalized spacial score (nSPS) is 20.5. The second kappa shape index (κ2) is 8.09. The lowest BCUT2D eigenvalue weighted by atomic mass is 10.1. The first-order valence-electron chi connectivity index (χ1n) is 7.08. The number of unbranched alkanes of at least 4 members (excludes halogenated alkanes) is 5. The summed E-state index contributed by atoms with van der Waals surface area (Å²) in [6, 6.07) is 0.439. The van der Waals surface area contributed by atoms with E-state index >= 15 is 0 Å². The van der Waals surface area contributed by atoms with Gasteiger partial charge in [0.1, 0.15) is 9.84 Å². The van der Waals surface area contributed by atoms with Gasteiger partial charge in [0.05, 0.1) is 11.5 Å². The smallest absolute Gasteiger partial charge is 0.150 e. The van der Waals surface area contributed by atoms with Gasteiger partial charge in [-0.15, -0.1) is 0 Å². The molecule has 0 saturated carbocycles. The SMILES string of the molecule is CCCCCCCCNC1CCS(=O)(=O)CC1. The van der Waals surface area contributed by atoms with E-state index in [4.69, 9.17) is 0 Å². The molecule has 17 heavy (non-hydrogen) atoms. The number of sulfone groups is 1. The molecule has 1 saturated heterocycles. The lowest BCUT2D eigenvalue weighted by Gasteiger charge is -2.23. The summed E-state index contributed by atoms with van der Waals surface area (Å²) < 4.78 is 22.5. The monoisotopic (exact) mass is 261 g/mol. The van der Waals surface area contributed by atoms with Crippen LogP contribution in [-0.4, -0.2) is 32.5 Å². The van der Waals surface area contributed by atoms with Crippen molar-refractivity contribution < 1.29 is 8.42 Å². The predicted molar refractivity (Wildman–Crippen MR) is 73.1 cm³/mol. The van der Waals surface area contributed by atoms with Gasteiger partial charge >= 0.3 is 0 Å². The molecule has 0 aromatic heterocycles. The van der Waals surface area contributed by atoms with E-state index in [0.29, 0.717) is 17.5 Å². The highest BCUT2D eigenvalue weighted by atomic mass is 32.2. The zero-order valence-electron chi connectivity index (χ0n) is 11.1. The fraction of sp³-hybridized carbons (Fsp3) is 1.00. The minimum Gasteiger partial charge on any atom is -0.314 e. The second-order valence-corrected chi connectivity index (χ2v) is 7.45. The molecule has 1 aliphatic heterocycles. The molecule has 0 amide bonds. The minimum atomic E-state index is -2.70. The Morgan fingerprint density at radius 3 is 2.24 bits per heavy atom. The van der Waals surface area contributed by atoms with Crippen molar-refractivity contribution >= 4 is 9.84 Å². The van der Waals surface area contributed by atoms with Crippen LogP contribution in [0.1, 0.15) is 58.3 Å². The Morgan fingerprint density at radius 2 is 1.59 bits per heavy atom. The molecular weight excluding hydrogens is 234 g/mol. The third kappa shape index (κ3) is 7.04. The number of hydrogen-bond donors (Lipinski definition) is 1. The Balaban J connectivity index is 1.94. The maximum absolute atomic E-state index is 11.2. The molecular formula is C13H27NO2S. The van der Waals surface area contributed by atoms with E-state index in [-0.39, 0.29) is 0 Å². The summed E-state index contributed by atoms with van der Waals surface area (Å²) in [4.78, 5) is 0. The van der Waals surface area contributed by atoms with Crippen molar-refractivity contribution in [1.29, 1.82) is 0 Å². The van der Waals surface area contributed by atoms with Gasteiger partial charge in [0.2, 0.25) is 0 Å². The van der Waals surface area contributed by atoms with Gasteiger partial charge in [-0.1, -0.05) is 39.0 Å². The number of hydrogen-bond acceptors (Lipinski definition) is 3. The maximum atomic E-state index is 11.2. The van der Waals surface area contributed by atoms with E-state index < -0.39 is 9.84 Å². The van der Waals surface area contributed by atoms with Crippen LogP contribution in [0.15, 0.2) is 0 Å². The first-order valence-corrected chi connectivity index (χ1v) is 8.90. The highest BCUT2D eigenvalue weighted by Crippen LogP contribution is 2.12. The highest BCUT2D eigenvalue weighted by molar-refractivity contribution is 7.91. The predicted octanol–water partition coefficient (Wildman–Crippen LogP) is 2.51. The molecule has 0 bridgehead atoms. The van der Waals surface area contributed by atoms with Gasteiger partial charge in [0.25, 0.3) is 0 Å². The van der Waals surface area contributed by atoms with Crippen molar-refractivity contribution in [3.8, 4) is 0 Å². The molecule has 0 unspecified atom stereocenters. The van der Waals surface area contributed by atoms with Gasteiger partial charge < -0.3 is 5.32 Å². The average Bonchev–Trinajstić information content (AvgIpc) is 2.30. The van der Waals surface area contributed by atoms with Crippen LogP contribution in [0.5, 0.6) is 0 Å². The van der Waals surface area contributed by atoms with Crippen LogP contribution >= 0.6 is 0 Å². The van der Waals surface area contributed by atoms with E-state index in [2.05, 4.69) is 12.2 Å². The van der Waals surface area contributed by atoms with Crippen molar-refractivity contribution in [1.82, 2.24) is 5.32 Å². The summed E-state index contributed by atoms with van der Waals surface area (Å²) in [6.07, 6.45) is 9.50. The summed E-state index contributed by atoms with van der Waals surface area (Å²) in [7, 11) is -2.70. The fourth-order valence-electron chi connectivity index (χ4n) is 2.31. The molecule has 1 fully saturated rings. The van der Waals surface area contributed by atoms with Gasteiger partial charge in [-0.25, -0.2) is 8.42 Å². The van der Waals surface area contributed by atoms with Crippen molar-refractivity contribution in [2.75, 3.05) is 18.1 Å². The summed E-state index contributed by atoms with van der Waals surface area (Å²) in [6.45, 7) is 3.29. The van der Waals surface area contributed by atoms with Gasteiger partial charge in [-0.05, 0) is 25.8 Å². The summed E-state index contributed by atoms with van der Waals surface area (Å²) in [5, 5.41) is 3.49. The maximum Gasteiger partial charge on any atom is 0.150 e. The molecule has 3 nitrogen and oxygen atoms in total. The molecule has 0 aliphatic carbocycles.